The van der Waals surface area contributed by atoms with Crippen LogP contribution >= 0.6 is 16.3 Å². The molecule has 0 saturated heterocycles. The number of hydrogen-bond acceptors (Lipinski definition) is 2. The molecule has 0 fully saturated rings. The third kappa shape index (κ3) is 8.60. The fraction of sp³-hybridized carbons (Fsp3) is 0.727. The molecule has 0 radical (unpaired) electrons. The van der Waals surface area contributed by atoms with Crippen LogP contribution in [0.25, 0.3) is 0 Å². The first-order valence-corrected chi connectivity index (χ1v) is 11.9. The summed E-state index contributed by atoms with van der Waals surface area (Å²) in [4.78, 5) is 0. The van der Waals surface area contributed by atoms with Gasteiger partial charge >= 0.3 is 0 Å². The van der Waals surface area contributed by atoms with Crippen molar-refractivity contribution in [2.75, 3.05) is 0 Å². The van der Waals surface area contributed by atoms with E-state index in [1.54, 1.807) is 0 Å². The first-order chi connectivity index (χ1) is 11.4. The molecule has 5 heteroatoms. The van der Waals surface area contributed by atoms with Crippen LogP contribution in [0, 0.1) is 6.07 Å². The normalized spacial score (nSPS) is 13.6. The van der Waals surface area contributed by atoms with E-state index in [9.17, 15) is 0 Å². The third-order valence-electron chi connectivity index (χ3n) is 3.56. The first kappa shape index (κ1) is 27.2. The van der Waals surface area contributed by atoms with Gasteiger partial charge in [-0.15, -0.1) is 12.1 Å². The Bertz CT molecular complexity index is 513. The van der Waals surface area contributed by atoms with Gasteiger partial charge in [-0.25, -0.2) is 0 Å². The molecule has 27 heavy (non-hydrogen) atoms. The average Bonchev–Trinajstić information content (AvgIpc) is 2.37. The van der Waals surface area contributed by atoms with E-state index < -0.39 is 16.3 Å². The van der Waals surface area contributed by atoms with Crippen molar-refractivity contribution in [3.63, 3.8) is 0 Å². The van der Waals surface area contributed by atoms with Gasteiger partial charge in [0.2, 0.25) is 0 Å². The maximum Gasteiger partial charge on any atom is 0.0946 e. The first-order valence-electron chi connectivity index (χ1n) is 9.41. The van der Waals surface area contributed by atoms with Gasteiger partial charge in [-0.1, -0.05) is 89.2 Å². The molecule has 0 N–H and O–H groups in total. The van der Waals surface area contributed by atoms with Gasteiger partial charge in [0.15, 0.2) is 0 Å². The summed E-state index contributed by atoms with van der Waals surface area (Å²) in [6, 6.07) is 9.39. The minimum Gasteiger partial charge on any atom is -0.499 e. The largest absolute Gasteiger partial charge is 0.499 e. The van der Waals surface area contributed by atoms with E-state index in [0.29, 0.717) is 0 Å². The van der Waals surface area contributed by atoms with E-state index in [1.165, 1.54) is 0 Å². The van der Waals surface area contributed by atoms with Crippen LogP contribution in [0.3, 0.4) is 0 Å². The van der Waals surface area contributed by atoms with Crippen molar-refractivity contribution >= 4 is 16.3 Å². The molecule has 0 aromatic heterocycles. The number of benzene rings is 1. The van der Waals surface area contributed by atoms with Crippen LogP contribution in [-0.4, -0.2) is 20.6 Å². The zero-order valence-corrected chi connectivity index (χ0v) is 22.0. The molecule has 0 aliphatic rings. The van der Waals surface area contributed by atoms with Crippen molar-refractivity contribution in [1.29, 1.82) is 0 Å². The quantitative estimate of drug-likeness (QED) is 0.258. The minimum absolute atomic E-state index is 0. The van der Waals surface area contributed by atoms with Gasteiger partial charge in [0.25, 0.3) is 0 Å². The Kier molecular flexibility index (Phi) is 9.39. The van der Waals surface area contributed by atoms with Crippen LogP contribution in [0.1, 0.15) is 83.1 Å². The van der Waals surface area contributed by atoms with Crippen molar-refractivity contribution < 1.29 is 25.5 Å². The van der Waals surface area contributed by atoms with Crippen LogP contribution in [0.4, 0.5) is 0 Å². The molecule has 0 spiro atoms. The molecule has 0 saturated carbocycles. The van der Waals surface area contributed by atoms with Crippen molar-refractivity contribution in [3.8, 4) is 11.5 Å². The molecule has 0 unspecified atom stereocenters. The van der Waals surface area contributed by atoms with Crippen molar-refractivity contribution in [2.24, 2.45) is 0 Å². The predicted octanol–water partition coefficient (Wildman–Crippen LogP) is 8.23. The van der Waals surface area contributed by atoms with Crippen LogP contribution < -0.4 is 9.05 Å². The van der Waals surface area contributed by atoms with Gasteiger partial charge in [0.05, 0.1) is 16.3 Å². The summed E-state index contributed by atoms with van der Waals surface area (Å²) in [6.45, 7) is 27.0. The Morgan fingerprint density at radius 3 is 1.07 bits per heavy atom. The van der Waals surface area contributed by atoms with Crippen LogP contribution in [-0.2, 0) is 16.5 Å². The molecule has 0 amide bonds. The number of hydrogen-bond donors (Lipinski definition) is 0. The molecule has 1 rings (SSSR count). The second kappa shape index (κ2) is 9.33. The van der Waals surface area contributed by atoms with E-state index in [1.807, 2.05) is 18.2 Å². The molecule has 0 aliphatic heterocycles. The summed E-state index contributed by atoms with van der Waals surface area (Å²) < 4.78 is 12.9. The van der Waals surface area contributed by atoms with Crippen LogP contribution in [0.15, 0.2) is 18.2 Å². The molecular weight excluding hydrogens is 417 g/mol. The second-order valence-corrected chi connectivity index (χ2v) is 17.7. The topological polar surface area (TPSA) is 18.5 Å². The number of rotatable bonds is 4. The molecule has 160 valence electrons. The SMILES string of the molecule is CC(C)(C)P(Oc1[c-]c(OP(C(C)(C)C)C(C)(C)C)ccc1)C(C)(C)C.[Ni]. The maximum atomic E-state index is 6.47. The van der Waals surface area contributed by atoms with Gasteiger partial charge in [-0.05, 0) is 0 Å². The summed E-state index contributed by atoms with van der Waals surface area (Å²) in [6.07, 6.45) is 0. The van der Waals surface area contributed by atoms with Gasteiger partial charge in [0, 0.05) is 48.6 Å². The van der Waals surface area contributed by atoms with Gasteiger partial charge in [-0.3, -0.25) is 0 Å². The van der Waals surface area contributed by atoms with Crippen LogP contribution in [0.5, 0.6) is 11.5 Å². The Balaban J connectivity index is 0.00000676. The smallest absolute Gasteiger partial charge is 0.0946 e. The summed E-state index contributed by atoms with van der Waals surface area (Å²) in [5.41, 5.74) is 0. The molecule has 1 aromatic rings. The third-order valence-corrected chi connectivity index (χ3v) is 9.19. The van der Waals surface area contributed by atoms with Gasteiger partial charge in [-0.2, -0.15) is 6.07 Å². The maximum absolute atomic E-state index is 6.47. The summed E-state index contributed by atoms with van der Waals surface area (Å²) in [5, 5.41) is 0.396. The van der Waals surface area contributed by atoms with E-state index in [-0.39, 0.29) is 37.1 Å². The summed E-state index contributed by atoms with van der Waals surface area (Å²) in [7, 11) is -1.36. The molecule has 0 heterocycles. The predicted molar refractivity (Wildman–Crippen MR) is 119 cm³/mol. The van der Waals surface area contributed by atoms with Gasteiger partial charge < -0.3 is 9.05 Å². The molecule has 0 bridgehead atoms. The fourth-order valence-electron chi connectivity index (χ4n) is 3.29. The van der Waals surface area contributed by atoms with E-state index >= 15 is 0 Å². The zero-order valence-electron chi connectivity index (χ0n) is 19.3. The van der Waals surface area contributed by atoms with Crippen molar-refractivity contribution in [1.82, 2.24) is 0 Å². The van der Waals surface area contributed by atoms with E-state index in [2.05, 4.69) is 89.2 Å². The van der Waals surface area contributed by atoms with Crippen LogP contribution in [0.2, 0.25) is 0 Å². The summed E-state index contributed by atoms with van der Waals surface area (Å²) in [5.74, 6) is 1.58. The monoisotopic (exact) mass is 455 g/mol. The van der Waals surface area contributed by atoms with E-state index in [0.717, 1.165) is 11.5 Å². The van der Waals surface area contributed by atoms with E-state index in [4.69, 9.17) is 9.05 Å². The van der Waals surface area contributed by atoms with Crippen molar-refractivity contribution in [2.45, 2.75) is 104 Å². The Labute approximate surface area is 181 Å². The Morgan fingerprint density at radius 2 is 0.852 bits per heavy atom. The summed E-state index contributed by atoms with van der Waals surface area (Å²) >= 11 is 0. The second-order valence-electron chi connectivity index (χ2n) is 10.8. The fourth-order valence-corrected chi connectivity index (χ4v) is 9.02. The molecular formula is C22H39NiO2P2-. The Morgan fingerprint density at radius 1 is 0.593 bits per heavy atom. The Hall–Kier alpha value is 0.174. The molecule has 0 atom stereocenters. The molecule has 2 nitrogen and oxygen atoms in total. The zero-order chi connectivity index (χ0) is 20.6. The molecule has 1 aromatic carbocycles. The standard InChI is InChI=1S/C22H39O2P2.Ni/c1-19(2,3)25(20(4,5)6)23-17-14-13-15-18(16-17)24-26(21(7,8)9)22(10,11)12;/h13-15H,1-12H3;/q-1;. The van der Waals surface area contributed by atoms with Gasteiger partial charge in [0.1, 0.15) is 0 Å². The van der Waals surface area contributed by atoms with Crippen molar-refractivity contribution in [3.05, 3.63) is 24.3 Å². The average molecular weight is 456 g/mol. The molecule has 0 aliphatic carbocycles. The minimum atomic E-state index is -0.678.